The molecule has 0 amide bonds. The van der Waals surface area contributed by atoms with Gasteiger partial charge in [-0.25, -0.2) is 17.1 Å². The highest BCUT2D eigenvalue weighted by atomic mass is 32.2. The van der Waals surface area contributed by atoms with Crippen LogP contribution in [0.4, 0.5) is 4.39 Å². The molecule has 0 aliphatic heterocycles. The molecule has 6 nitrogen and oxygen atoms in total. The van der Waals surface area contributed by atoms with Gasteiger partial charge in [-0.15, -0.1) is 0 Å². The summed E-state index contributed by atoms with van der Waals surface area (Å²) in [5.74, 6) is -0.324. The van der Waals surface area contributed by atoms with Gasteiger partial charge in [0.15, 0.2) is 0 Å². The van der Waals surface area contributed by atoms with Crippen molar-refractivity contribution in [2.24, 2.45) is 5.73 Å². The van der Waals surface area contributed by atoms with Crippen molar-refractivity contribution in [1.82, 2.24) is 13.9 Å². The Labute approximate surface area is 164 Å². The number of aromatic nitrogens is 2. The molecular formula is C20H23FN4O2S. The van der Waals surface area contributed by atoms with Gasteiger partial charge in [0.05, 0.1) is 17.0 Å². The molecule has 2 N–H and O–H groups in total. The maximum atomic E-state index is 14.2. The zero-order valence-electron chi connectivity index (χ0n) is 16.1. The number of allylic oxidation sites excluding steroid dienone is 1. The average Bonchev–Trinajstić information content (AvgIpc) is 2.94. The topological polar surface area (TPSA) is 81.2 Å². The third-order valence-corrected chi connectivity index (χ3v) is 6.49. The first-order valence-electron chi connectivity index (χ1n) is 8.77. The van der Waals surface area contributed by atoms with Crippen LogP contribution in [-0.2, 0) is 16.6 Å². The highest BCUT2D eigenvalue weighted by Crippen LogP contribution is 2.35. The molecule has 0 atom stereocenters. The van der Waals surface area contributed by atoms with Crippen molar-refractivity contribution >= 4 is 20.9 Å². The molecule has 3 rings (SSSR count). The minimum atomic E-state index is -3.57. The van der Waals surface area contributed by atoms with Crippen molar-refractivity contribution in [3.8, 4) is 11.1 Å². The molecule has 0 radical (unpaired) electrons. The molecule has 1 aromatic carbocycles. The van der Waals surface area contributed by atoms with Crippen LogP contribution in [0.3, 0.4) is 0 Å². The van der Waals surface area contributed by atoms with E-state index in [1.807, 2.05) is 23.6 Å². The van der Waals surface area contributed by atoms with Gasteiger partial charge in [0, 0.05) is 49.7 Å². The van der Waals surface area contributed by atoms with E-state index in [4.69, 9.17) is 5.73 Å². The lowest BCUT2D eigenvalue weighted by atomic mass is 10.0. The number of rotatable bonds is 6. The van der Waals surface area contributed by atoms with Crippen LogP contribution in [0.1, 0.15) is 5.69 Å². The zero-order valence-corrected chi connectivity index (χ0v) is 16.9. The smallest absolute Gasteiger partial charge is 0.242 e. The molecule has 148 valence electrons. The third-order valence-electron chi connectivity index (χ3n) is 4.67. The quantitative estimate of drug-likeness (QED) is 0.687. The average molecular weight is 402 g/mol. The van der Waals surface area contributed by atoms with Gasteiger partial charge in [-0.05, 0) is 36.8 Å². The molecule has 0 aliphatic rings. The SMILES string of the molecule is Cc1c(-c2cccc(S(=O)(=O)N(C)C)c2)c2cnccc2n1C/C(F)=C/CN. The molecular weight excluding hydrogens is 379 g/mol. The van der Waals surface area contributed by atoms with Crippen molar-refractivity contribution in [3.05, 3.63) is 60.3 Å². The first-order chi connectivity index (χ1) is 13.3. The van der Waals surface area contributed by atoms with E-state index in [1.54, 1.807) is 30.6 Å². The van der Waals surface area contributed by atoms with Crippen LogP contribution >= 0.6 is 0 Å². The Kier molecular flexibility index (Phi) is 5.64. The summed E-state index contributed by atoms with van der Waals surface area (Å²) in [5, 5.41) is 0.833. The van der Waals surface area contributed by atoms with Crippen LogP contribution in [0.25, 0.3) is 22.0 Å². The second-order valence-electron chi connectivity index (χ2n) is 6.64. The summed E-state index contributed by atoms with van der Waals surface area (Å²) in [5.41, 5.74) is 8.63. The number of nitrogens with two attached hydrogens (primary N) is 1. The van der Waals surface area contributed by atoms with E-state index in [-0.39, 0.29) is 23.8 Å². The van der Waals surface area contributed by atoms with E-state index in [0.717, 1.165) is 27.7 Å². The number of hydrogen-bond acceptors (Lipinski definition) is 4. The second kappa shape index (κ2) is 7.83. The van der Waals surface area contributed by atoms with E-state index in [0.29, 0.717) is 0 Å². The maximum Gasteiger partial charge on any atom is 0.242 e. The molecule has 2 heterocycles. The summed E-state index contributed by atoms with van der Waals surface area (Å²) in [7, 11) is -0.574. The fraction of sp³-hybridized carbons (Fsp3) is 0.250. The highest BCUT2D eigenvalue weighted by molar-refractivity contribution is 7.89. The number of benzene rings is 1. The maximum absolute atomic E-state index is 14.2. The molecule has 3 aromatic rings. The molecule has 0 spiro atoms. The molecule has 0 aliphatic carbocycles. The minimum absolute atomic E-state index is 0.0548. The monoisotopic (exact) mass is 402 g/mol. The van der Waals surface area contributed by atoms with Gasteiger partial charge >= 0.3 is 0 Å². The first-order valence-corrected chi connectivity index (χ1v) is 10.2. The lowest BCUT2D eigenvalue weighted by Gasteiger charge is -2.13. The molecule has 0 fully saturated rings. The number of hydrogen-bond donors (Lipinski definition) is 1. The second-order valence-corrected chi connectivity index (χ2v) is 8.79. The van der Waals surface area contributed by atoms with Gasteiger partial charge in [0.1, 0.15) is 5.83 Å². The Morgan fingerprint density at radius 3 is 2.75 bits per heavy atom. The summed E-state index contributed by atoms with van der Waals surface area (Å²) in [6.07, 6.45) is 4.71. The van der Waals surface area contributed by atoms with Gasteiger partial charge in [-0.2, -0.15) is 0 Å². The Morgan fingerprint density at radius 1 is 1.32 bits per heavy atom. The van der Waals surface area contributed by atoms with Gasteiger partial charge < -0.3 is 10.3 Å². The van der Waals surface area contributed by atoms with Gasteiger partial charge in [-0.3, -0.25) is 4.98 Å². The zero-order chi connectivity index (χ0) is 20.5. The summed E-state index contributed by atoms with van der Waals surface area (Å²) in [6.45, 7) is 2.07. The summed E-state index contributed by atoms with van der Waals surface area (Å²) >= 11 is 0. The number of sulfonamides is 1. The number of nitrogens with zero attached hydrogens (tertiary/aromatic N) is 3. The van der Waals surface area contributed by atoms with E-state index >= 15 is 0 Å². The van der Waals surface area contributed by atoms with Crippen LogP contribution in [0.15, 0.2) is 59.5 Å². The standard InChI is InChI=1S/C20H23FN4O2S/c1-14-20(15-5-4-6-17(11-15)28(26,27)24(2)3)18-12-23-10-8-19(18)25(14)13-16(21)7-9-22/h4-8,10-12H,9,13,22H2,1-3H3/b16-7-. The Balaban J connectivity index is 2.23. The van der Waals surface area contributed by atoms with Crippen molar-refractivity contribution in [1.29, 1.82) is 0 Å². The first kappa shape index (κ1) is 20.2. The van der Waals surface area contributed by atoms with Crippen LogP contribution < -0.4 is 5.73 Å². The van der Waals surface area contributed by atoms with Crippen LogP contribution in [0, 0.1) is 6.92 Å². The molecule has 8 heteroatoms. The lowest BCUT2D eigenvalue weighted by molar-refractivity contribution is 0.521. The predicted octanol–water partition coefficient (Wildman–Crippen LogP) is 3.07. The van der Waals surface area contributed by atoms with Gasteiger partial charge in [-0.1, -0.05) is 12.1 Å². The normalized spacial score (nSPS) is 12.9. The number of fused-ring (bicyclic) bond motifs is 1. The van der Waals surface area contributed by atoms with Gasteiger partial charge in [0.2, 0.25) is 10.0 Å². The highest BCUT2D eigenvalue weighted by Gasteiger charge is 2.21. The fourth-order valence-corrected chi connectivity index (χ4v) is 4.21. The largest absolute Gasteiger partial charge is 0.337 e. The van der Waals surface area contributed by atoms with E-state index < -0.39 is 10.0 Å². The van der Waals surface area contributed by atoms with Crippen molar-refractivity contribution in [3.63, 3.8) is 0 Å². The Morgan fingerprint density at radius 2 is 2.07 bits per heavy atom. The molecule has 2 aromatic heterocycles. The summed E-state index contributed by atoms with van der Waals surface area (Å²) in [6, 6.07) is 8.58. The molecule has 28 heavy (non-hydrogen) atoms. The van der Waals surface area contributed by atoms with Gasteiger partial charge in [0.25, 0.3) is 0 Å². The summed E-state index contributed by atoms with van der Waals surface area (Å²) in [4.78, 5) is 4.40. The molecule has 0 saturated carbocycles. The van der Waals surface area contributed by atoms with Crippen molar-refractivity contribution in [2.75, 3.05) is 20.6 Å². The van der Waals surface area contributed by atoms with Crippen molar-refractivity contribution < 1.29 is 12.8 Å². The molecule has 0 saturated heterocycles. The summed E-state index contributed by atoms with van der Waals surface area (Å²) < 4.78 is 42.3. The third kappa shape index (κ3) is 3.58. The Bertz CT molecular complexity index is 1150. The van der Waals surface area contributed by atoms with Crippen LogP contribution in [0.2, 0.25) is 0 Å². The lowest BCUT2D eigenvalue weighted by Crippen LogP contribution is -2.22. The minimum Gasteiger partial charge on any atom is -0.337 e. The van der Waals surface area contributed by atoms with Crippen LogP contribution in [0.5, 0.6) is 0 Å². The van der Waals surface area contributed by atoms with E-state index in [1.165, 1.54) is 24.5 Å². The predicted molar refractivity (Wildman–Crippen MR) is 109 cm³/mol. The Hall–Kier alpha value is -2.55. The van der Waals surface area contributed by atoms with Crippen molar-refractivity contribution in [2.45, 2.75) is 18.4 Å². The number of pyridine rings is 1. The van der Waals surface area contributed by atoms with E-state index in [2.05, 4.69) is 4.98 Å². The molecule has 0 unspecified atom stereocenters. The number of halogens is 1. The van der Waals surface area contributed by atoms with E-state index in [9.17, 15) is 12.8 Å². The molecule has 0 bridgehead atoms. The van der Waals surface area contributed by atoms with Crippen LogP contribution in [-0.4, -0.2) is 42.9 Å². The fourth-order valence-electron chi connectivity index (χ4n) is 3.26.